The maximum Gasteiger partial charge on any atom is 0.180 e. The number of hydrogen-bond acceptors (Lipinski definition) is 3. The van der Waals surface area contributed by atoms with Crippen molar-refractivity contribution in [2.75, 3.05) is 5.73 Å². The molecule has 0 bridgehead atoms. The molecule has 1 heterocycles. The molecule has 3 heteroatoms. The molecule has 0 saturated heterocycles. The molecule has 0 aliphatic heterocycles. The summed E-state index contributed by atoms with van der Waals surface area (Å²) in [7, 11) is 0. The summed E-state index contributed by atoms with van der Waals surface area (Å²) in [5, 5.41) is 0.708. The summed E-state index contributed by atoms with van der Waals surface area (Å²) in [4.78, 5) is 6.05. The molecule has 1 aromatic heterocycles. The Bertz CT molecular complexity index is 575. The van der Waals surface area contributed by atoms with Crippen LogP contribution in [0, 0.1) is 13.8 Å². The predicted molar refractivity (Wildman–Crippen MR) is 82.6 cm³/mol. The normalized spacial score (nSPS) is 16.1. The first-order chi connectivity index (χ1) is 9.16. The van der Waals surface area contributed by atoms with Crippen LogP contribution in [0.4, 0.5) is 5.13 Å². The van der Waals surface area contributed by atoms with Crippen molar-refractivity contribution in [3.8, 4) is 11.3 Å². The van der Waals surface area contributed by atoms with Gasteiger partial charge in [0.1, 0.15) is 0 Å². The lowest BCUT2D eigenvalue weighted by molar-refractivity contribution is 0.738. The predicted octanol–water partition coefficient (Wildman–Crippen LogP) is 4.67. The first kappa shape index (κ1) is 12.7. The Morgan fingerprint density at radius 3 is 2.42 bits per heavy atom. The Kier molecular flexibility index (Phi) is 3.31. The fourth-order valence-electron chi connectivity index (χ4n) is 3.18. The highest BCUT2D eigenvalue weighted by Gasteiger charge is 2.25. The maximum absolute atomic E-state index is 5.99. The minimum atomic E-state index is 0.670. The number of aromatic nitrogens is 1. The van der Waals surface area contributed by atoms with E-state index in [0.29, 0.717) is 11.0 Å². The number of hydrogen-bond donors (Lipinski definition) is 1. The number of benzene rings is 1. The van der Waals surface area contributed by atoms with Crippen molar-refractivity contribution in [2.24, 2.45) is 0 Å². The summed E-state index contributed by atoms with van der Waals surface area (Å²) in [5.74, 6) is 0.670. The van der Waals surface area contributed by atoms with Crippen molar-refractivity contribution in [2.45, 2.75) is 45.4 Å². The van der Waals surface area contributed by atoms with E-state index >= 15 is 0 Å². The van der Waals surface area contributed by atoms with Crippen LogP contribution in [-0.2, 0) is 0 Å². The molecule has 19 heavy (non-hydrogen) atoms. The molecule has 3 rings (SSSR count). The van der Waals surface area contributed by atoms with Gasteiger partial charge in [-0.15, -0.1) is 11.3 Å². The van der Waals surface area contributed by atoms with Crippen LogP contribution in [0.15, 0.2) is 18.2 Å². The van der Waals surface area contributed by atoms with Gasteiger partial charge in [0.05, 0.1) is 5.69 Å². The SMILES string of the molecule is Cc1cccc(C)c1-c1nc(N)sc1C1CCCC1. The van der Waals surface area contributed by atoms with E-state index in [0.717, 1.165) is 5.69 Å². The van der Waals surface area contributed by atoms with Gasteiger partial charge in [-0.3, -0.25) is 0 Å². The van der Waals surface area contributed by atoms with E-state index in [-0.39, 0.29) is 0 Å². The third-order valence-electron chi connectivity index (χ3n) is 4.11. The zero-order chi connectivity index (χ0) is 13.4. The lowest BCUT2D eigenvalue weighted by Crippen LogP contribution is -1.95. The second kappa shape index (κ2) is 4.97. The zero-order valence-electron chi connectivity index (χ0n) is 11.6. The highest BCUT2D eigenvalue weighted by atomic mass is 32.1. The molecule has 100 valence electrons. The molecule has 0 unspecified atom stereocenters. The molecule has 2 N–H and O–H groups in total. The van der Waals surface area contributed by atoms with Crippen LogP contribution < -0.4 is 5.73 Å². The average molecular weight is 272 g/mol. The number of nitrogen functional groups attached to an aromatic ring is 1. The quantitative estimate of drug-likeness (QED) is 0.863. The summed E-state index contributed by atoms with van der Waals surface area (Å²) in [5.41, 5.74) is 11.0. The summed E-state index contributed by atoms with van der Waals surface area (Å²) in [6.07, 6.45) is 5.27. The summed E-state index contributed by atoms with van der Waals surface area (Å²) >= 11 is 1.69. The van der Waals surface area contributed by atoms with Crippen molar-refractivity contribution < 1.29 is 0 Å². The van der Waals surface area contributed by atoms with Gasteiger partial charge in [-0.2, -0.15) is 0 Å². The largest absolute Gasteiger partial charge is 0.375 e. The van der Waals surface area contributed by atoms with Crippen LogP contribution in [0.5, 0.6) is 0 Å². The highest BCUT2D eigenvalue weighted by Crippen LogP contribution is 2.44. The molecular weight excluding hydrogens is 252 g/mol. The molecule has 0 spiro atoms. The topological polar surface area (TPSA) is 38.9 Å². The van der Waals surface area contributed by atoms with Crippen molar-refractivity contribution in [3.05, 3.63) is 34.2 Å². The van der Waals surface area contributed by atoms with E-state index < -0.39 is 0 Å². The van der Waals surface area contributed by atoms with Gasteiger partial charge in [0, 0.05) is 10.4 Å². The van der Waals surface area contributed by atoms with Crippen LogP contribution in [0.2, 0.25) is 0 Å². The summed E-state index contributed by atoms with van der Waals surface area (Å²) in [6, 6.07) is 6.44. The Labute approximate surface area is 118 Å². The minimum absolute atomic E-state index is 0.670. The smallest absolute Gasteiger partial charge is 0.180 e. The zero-order valence-corrected chi connectivity index (χ0v) is 12.4. The van der Waals surface area contributed by atoms with Crippen LogP contribution in [0.1, 0.15) is 47.6 Å². The number of nitrogens with two attached hydrogens (primary N) is 1. The van der Waals surface area contributed by atoms with E-state index in [4.69, 9.17) is 5.73 Å². The lowest BCUT2D eigenvalue weighted by Gasteiger charge is -2.12. The molecule has 2 nitrogen and oxygen atoms in total. The average Bonchev–Trinajstić information content (AvgIpc) is 2.98. The Hall–Kier alpha value is -1.35. The second-order valence-electron chi connectivity index (χ2n) is 5.51. The summed E-state index contributed by atoms with van der Waals surface area (Å²) < 4.78 is 0. The first-order valence-corrected chi connectivity index (χ1v) is 7.81. The Balaban J connectivity index is 2.14. The van der Waals surface area contributed by atoms with E-state index in [1.54, 1.807) is 11.3 Å². The molecule has 2 aromatic rings. The fourth-order valence-corrected chi connectivity index (χ4v) is 4.19. The number of anilines is 1. The molecule has 1 aliphatic rings. The number of nitrogens with zero attached hydrogens (tertiary/aromatic N) is 1. The maximum atomic E-state index is 5.99. The molecule has 0 amide bonds. The molecule has 1 fully saturated rings. The molecule has 0 radical (unpaired) electrons. The van der Waals surface area contributed by atoms with Gasteiger partial charge in [0.2, 0.25) is 0 Å². The number of aryl methyl sites for hydroxylation is 2. The van der Waals surface area contributed by atoms with Crippen molar-refractivity contribution in [1.82, 2.24) is 4.98 Å². The van der Waals surface area contributed by atoms with Crippen molar-refractivity contribution in [3.63, 3.8) is 0 Å². The number of thiazole rings is 1. The van der Waals surface area contributed by atoms with Crippen molar-refractivity contribution in [1.29, 1.82) is 0 Å². The second-order valence-corrected chi connectivity index (χ2v) is 6.58. The van der Waals surface area contributed by atoms with Crippen LogP contribution in [0.3, 0.4) is 0 Å². The third kappa shape index (κ3) is 2.27. The Morgan fingerprint density at radius 2 is 1.79 bits per heavy atom. The lowest BCUT2D eigenvalue weighted by atomic mass is 9.95. The molecule has 1 aromatic carbocycles. The molecule has 1 saturated carbocycles. The highest BCUT2D eigenvalue weighted by molar-refractivity contribution is 7.15. The van der Waals surface area contributed by atoms with E-state index in [1.807, 2.05) is 0 Å². The monoisotopic (exact) mass is 272 g/mol. The van der Waals surface area contributed by atoms with Gasteiger partial charge in [-0.1, -0.05) is 31.0 Å². The number of rotatable bonds is 2. The summed E-state index contributed by atoms with van der Waals surface area (Å²) in [6.45, 7) is 4.33. The minimum Gasteiger partial charge on any atom is -0.375 e. The van der Waals surface area contributed by atoms with Gasteiger partial charge in [-0.25, -0.2) is 4.98 Å². The molecular formula is C16H20N2S. The Morgan fingerprint density at radius 1 is 1.16 bits per heavy atom. The van der Waals surface area contributed by atoms with Crippen LogP contribution in [0.25, 0.3) is 11.3 Å². The van der Waals surface area contributed by atoms with E-state index in [2.05, 4.69) is 37.0 Å². The molecule has 1 aliphatic carbocycles. The van der Waals surface area contributed by atoms with Crippen LogP contribution >= 0.6 is 11.3 Å². The molecule has 0 atom stereocenters. The van der Waals surface area contributed by atoms with Gasteiger partial charge in [0.25, 0.3) is 0 Å². The van der Waals surface area contributed by atoms with Crippen LogP contribution in [-0.4, -0.2) is 4.98 Å². The third-order valence-corrected chi connectivity index (χ3v) is 5.16. The van der Waals surface area contributed by atoms with Gasteiger partial charge < -0.3 is 5.73 Å². The van der Waals surface area contributed by atoms with E-state index in [1.165, 1.54) is 47.3 Å². The fraction of sp³-hybridized carbons (Fsp3) is 0.438. The first-order valence-electron chi connectivity index (χ1n) is 6.99. The van der Waals surface area contributed by atoms with Gasteiger partial charge in [0.15, 0.2) is 5.13 Å². The van der Waals surface area contributed by atoms with Gasteiger partial charge >= 0.3 is 0 Å². The van der Waals surface area contributed by atoms with Crippen molar-refractivity contribution >= 4 is 16.5 Å². The standard InChI is InChI=1S/C16H20N2S/c1-10-6-5-7-11(2)13(10)14-15(19-16(17)18-14)12-8-3-4-9-12/h5-7,12H,3-4,8-9H2,1-2H3,(H2,17,18). The van der Waals surface area contributed by atoms with E-state index in [9.17, 15) is 0 Å². The van der Waals surface area contributed by atoms with Gasteiger partial charge in [-0.05, 0) is 43.7 Å².